The zero-order valence-electron chi connectivity index (χ0n) is 5.92. The molecule has 1 saturated heterocycles. The highest BCUT2D eigenvalue weighted by Gasteiger charge is 2.52. The first kappa shape index (κ1) is 6.01. The first-order chi connectivity index (χ1) is 4.73. The van der Waals surface area contributed by atoms with Gasteiger partial charge in [0.1, 0.15) is 6.10 Å². The molecule has 2 fully saturated rings. The summed E-state index contributed by atoms with van der Waals surface area (Å²) in [5.74, 6) is 0. The maximum atomic E-state index is 10.6. The molecule has 1 heterocycles. The highest BCUT2D eigenvalue weighted by molar-refractivity contribution is 5.63. The van der Waals surface area contributed by atoms with Gasteiger partial charge in [-0.2, -0.15) is 0 Å². The van der Waals surface area contributed by atoms with E-state index < -0.39 is 6.16 Å². The monoisotopic (exact) mass is 142 g/mol. The highest BCUT2D eigenvalue weighted by Crippen LogP contribution is 2.43. The third-order valence-electron chi connectivity index (χ3n) is 2.50. The minimum absolute atomic E-state index is 0.0336. The van der Waals surface area contributed by atoms with Crippen molar-refractivity contribution < 1.29 is 14.3 Å². The van der Waals surface area contributed by atoms with Crippen molar-refractivity contribution >= 4 is 6.16 Å². The Morgan fingerprint density at radius 3 is 2.50 bits per heavy atom. The Morgan fingerprint density at radius 2 is 2.30 bits per heavy atom. The Balaban J connectivity index is 2.15. The van der Waals surface area contributed by atoms with E-state index >= 15 is 0 Å². The number of rotatable bonds is 0. The fourth-order valence-electron chi connectivity index (χ4n) is 1.56. The number of cyclic esters (lactones) is 1. The van der Waals surface area contributed by atoms with Crippen LogP contribution in [0.15, 0.2) is 0 Å². The van der Waals surface area contributed by atoms with E-state index in [0.717, 1.165) is 19.3 Å². The number of hydrogen-bond acceptors (Lipinski definition) is 3. The summed E-state index contributed by atoms with van der Waals surface area (Å²) in [6, 6.07) is 0. The molecular formula is C7H10O3. The summed E-state index contributed by atoms with van der Waals surface area (Å²) >= 11 is 0. The Labute approximate surface area is 59.3 Å². The summed E-state index contributed by atoms with van der Waals surface area (Å²) in [6.07, 6.45) is 2.57. The molecule has 1 atom stereocenters. The molecule has 0 aromatic rings. The molecule has 10 heavy (non-hydrogen) atoms. The van der Waals surface area contributed by atoms with Gasteiger partial charge in [0.15, 0.2) is 5.60 Å². The molecule has 2 rings (SSSR count). The Kier molecular flexibility index (Phi) is 0.993. The van der Waals surface area contributed by atoms with Gasteiger partial charge < -0.3 is 9.47 Å². The average molecular weight is 142 g/mol. The van der Waals surface area contributed by atoms with Crippen molar-refractivity contribution in [1.29, 1.82) is 0 Å². The van der Waals surface area contributed by atoms with Gasteiger partial charge in [-0.1, -0.05) is 0 Å². The van der Waals surface area contributed by atoms with Crippen LogP contribution in [0.25, 0.3) is 0 Å². The van der Waals surface area contributed by atoms with Gasteiger partial charge in [0, 0.05) is 0 Å². The molecule has 2 aliphatic rings. The molecule has 0 aromatic carbocycles. The maximum Gasteiger partial charge on any atom is 0.509 e. The van der Waals surface area contributed by atoms with Crippen LogP contribution in [0.2, 0.25) is 0 Å². The fourth-order valence-corrected chi connectivity index (χ4v) is 1.56. The van der Waals surface area contributed by atoms with Gasteiger partial charge in [-0.3, -0.25) is 0 Å². The summed E-state index contributed by atoms with van der Waals surface area (Å²) in [5, 5.41) is 0. The molecule has 0 radical (unpaired) electrons. The van der Waals surface area contributed by atoms with E-state index in [2.05, 4.69) is 0 Å². The molecular weight excluding hydrogens is 132 g/mol. The van der Waals surface area contributed by atoms with Crippen LogP contribution in [0.3, 0.4) is 0 Å². The summed E-state index contributed by atoms with van der Waals surface area (Å²) < 4.78 is 9.89. The molecule has 3 heteroatoms. The molecule has 1 aliphatic carbocycles. The molecule has 56 valence electrons. The molecule has 0 aromatic heterocycles. The van der Waals surface area contributed by atoms with Crippen LogP contribution in [-0.4, -0.2) is 17.9 Å². The molecule has 0 bridgehead atoms. The van der Waals surface area contributed by atoms with Crippen LogP contribution in [0.4, 0.5) is 4.79 Å². The molecule has 1 spiro atoms. The Hall–Kier alpha value is -0.730. The lowest BCUT2D eigenvalue weighted by Crippen LogP contribution is -2.44. The molecule has 1 saturated carbocycles. The summed E-state index contributed by atoms with van der Waals surface area (Å²) in [7, 11) is 0. The second-order valence-electron chi connectivity index (χ2n) is 3.03. The van der Waals surface area contributed by atoms with Gasteiger partial charge in [0.05, 0.1) is 0 Å². The quantitative estimate of drug-likeness (QED) is 0.480. The van der Waals surface area contributed by atoms with Crippen LogP contribution in [0, 0.1) is 0 Å². The standard InChI is InChI=1S/C7H10O3/c1-5-7(3-2-4-7)10-6(8)9-5/h5H,2-4H2,1H3/t5-/m0/s1. The summed E-state index contributed by atoms with van der Waals surface area (Å²) in [5.41, 5.74) is -0.225. The van der Waals surface area contributed by atoms with Gasteiger partial charge in [-0.25, -0.2) is 4.79 Å². The summed E-state index contributed by atoms with van der Waals surface area (Å²) in [6.45, 7) is 1.89. The minimum Gasteiger partial charge on any atom is -0.427 e. The molecule has 0 unspecified atom stereocenters. The van der Waals surface area contributed by atoms with Crippen LogP contribution in [0.1, 0.15) is 26.2 Å². The predicted molar refractivity (Wildman–Crippen MR) is 33.6 cm³/mol. The van der Waals surface area contributed by atoms with E-state index in [-0.39, 0.29) is 11.7 Å². The fraction of sp³-hybridized carbons (Fsp3) is 0.857. The maximum absolute atomic E-state index is 10.6. The average Bonchev–Trinajstić information content (AvgIpc) is 2.04. The summed E-state index contributed by atoms with van der Waals surface area (Å²) in [4.78, 5) is 10.6. The Bertz CT molecular complexity index is 172. The van der Waals surface area contributed by atoms with E-state index in [4.69, 9.17) is 9.47 Å². The van der Waals surface area contributed by atoms with Crippen molar-refractivity contribution in [2.24, 2.45) is 0 Å². The van der Waals surface area contributed by atoms with Crippen LogP contribution in [0.5, 0.6) is 0 Å². The van der Waals surface area contributed by atoms with Gasteiger partial charge in [-0.15, -0.1) is 0 Å². The second-order valence-corrected chi connectivity index (χ2v) is 3.03. The molecule has 0 N–H and O–H groups in total. The van der Waals surface area contributed by atoms with E-state index in [0.29, 0.717) is 0 Å². The lowest BCUT2D eigenvalue weighted by molar-refractivity contribution is -0.0337. The normalized spacial score (nSPS) is 34.9. The number of hydrogen-bond donors (Lipinski definition) is 0. The second kappa shape index (κ2) is 1.65. The predicted octanol–water partition coefficient (Wildman–Crippen LogP) is 1.46. The van der Waals surface area contributed by atoms with E-state index in [1.165, 1.54) is 0 Å². The van der Waals surface area contributed by atoms with E-state index in [9.17, 15) is 4.79 Å². The number of carbonyl (C=O) groups excluding carboxylic acids is 1. The first-order valence-electron chi connectivity index (χ1n) is 3.63. The van der Waals surface area contributed by atoms with Gasteiger partial charge in [0.25, 0.3) is 0 Å². The molecule has 0 amide bonds. The van der Waals surface area contributed by atoms with Crippen LogP contribution < -0.4 is 0 Å². The topological polar surface area (TPSA) is 35.5 Å². The molecule has 3 nitrogen and oxygen atoms in total. The van der Waals surface area contributed by atoms with Crippen LogP contribution >= 0.6 is 0 Å². The van der Waals surface area contributed by atoms with Crippen molar-refractivity contribution in [2.75, 3.05) is 0 Å². The Morgan fingerprint density at radius 1 is 1.60 bits per heavy atom. The number of carbonyl (C=O) groups is 1. The van der Waals surface area contributed by atoms with Crippen molar-refractivity contribution in [3.8, 4) is 0 Å². The van der Waals surface area contributed by atoms with Crippen molar-refractivity contribution in [3.63, 3.8) is 0 Å². The number of ether oxygens (including phenoxy) is 2. The van der Waals surface area contributed by atoms with Gasteiger partial charge in [-0.05, 0) is 26.2 Å². The highest BCUT2D eigenvalue weighted by atomic mass is 16.8. The van der Waals surface area contributed by atoms with Gasteiger partial charge in [0.2, 0.25) is 0 Å². The zero-order chi connectivity index (χ0) is 7.19. The first-order valence-corrected chi connectivity index (χ1v) is 3.63. The van der Waals surface area contributed by atoms with Crippen molar-refractivity contribution in [3.05, 3.63) is 0 Å². The van der Waals surface area contributed by atoms with Crippen molar-refractivity contribution in [2.45, 2.75) is 37.9 Å². The third kappa shape index (κ3) is 0.576. The van der Waals surface area contributed by atoms with Crippen molar-refractivity contribution in [1.82, 2.24) is 0 Å². The largest absolute Gasteiger partial charge is 0.509 e. The lowest BCUT2D eigenvalue weighted by atomic mass is 9.77. The SMILES string of the molecule is C[C@@H]1OC(=O)OC12CCC2. The zero-order valence-corrected chi connectivity index (χ0v) is 5.92. The van der Waals surface area contributed by atoms with Gasteiger partial charge >= 0.3 is 6.16 Å². The van der Waals surface area contributed by atoms with Crippen LogP contribution in [-0.2, 0) is 9.47 Å². The minimum atomic E-state index is -0.493. The third-order valence-corrected chi connectivity index (χ3v) is 2.50. The van der Waals surface area contributed by atoms with E-state index in [1.54, 1.807) is 0 Å². The van der Waals surface area contributed by atoms with E-state index in [1.807, 2.05) is 6.92 Å². The lowest BCUT2D eigenvalue weighted by Gasteiger charge is -2.36. The molecule has 1 aliphatic heterocycles. The smallest absolute Gasteiger partial charge is 0.427 e.